The van der Waals surface area contributed by atoms with Crippen LogP contribution in [0.15, 0.2) is 65.5 Å². The van der Waals surface area contributed by atoms with Crippen LogP contribution in [0.5, 0.6) is 0 Å². The van der Waals surface area contributed by atoms with Crippen molar-refractivity contribution in [1.82, 2.24) is 19.8 Å². The topological polar surface area (TPSA) is 91.6 Å². The van der Waals surface area contributed by atoms with Gasteiger partial charge >= 0.3 is 0 Å². The summed E-state index contributed by atoms with van der Waals surface area (Å²) in [4.78, 5) is 37.1. The van der Waals surface area contributed by atoms with Crippen molar-refractivity contribution in [3.63, 3.8) is 0 Å². The Kier molecular flexibility index (Phi) is 5.51. The highest BCUT2D eigenvalue weighted by Gasteiger charge is 2.27. The molecule has 1 fully saturated rings. The predicted octanol–water partition coefficient (Wildman–Crippen LogP) is 2.28. The lowest BCUT2D eigenvalue weighted by atomic mass is 10.2. The molecule has 3 aromatic rings. The number of nitrogens with one attached hydrogen (secondary N) is 1. The molecule has 0 aromatic carbocycles. The van der Waals surface area contributed by atoms with Crippen LogP contribution in [-0.2, 0) is 6.54 Å². The number of furan rings is 1. The highest BCUT2D eigenvalue weighted by Crippen LogP contribution is 2.14. The van der Waals surface area contributed by atoms with Crippen LogP contribution in [0, 0.1) is 0 Å². The van der Waals surface area contributed by atoms with Crippen molar-refractivity contribution >= 4 is 17.5 Å². The Morgan fingerprint density at radius 1 is 0.931 bits per heavy atom. The first-order valence-corrected chi connectivity index (χ1v) is 9.42. The van der Waals surface area contributed by atoms with E-state index in [-0.39, 0.29) is 11.8 Å². The normalized spacial score (nSPS) is 13.9. The molecular formula is C21H21N5O3. The van der Waals surface area contributed by atoms with Gasteiger partial charge in [0.2, 0.25) is 0 Å². The van der Waals surface area contributed by atoms with Crippen molar-refractivity contribution in [2.24, 2.45) is 0 Å². The number of rotatable bonds is 5. The van der Waals surface area contributed by atoms with Gasteiger partial charge in [0.1, 0.15) is 5.69 Å². The summed E-state index contributed by atoms with van der Waals surface area (Å²) < 4.78 is 5.17. The van der Waals surface area contributed by atoms with Crippen LogP contribution < -0.4 is 5.32 Å². The molecule has 8 heteroatoms. The third-order valence-electron chi connectivity index (χ3n) is 4.76. The number of hydrogen-bond acceptors (Lipinski definition) is 6. The first-order chi connectivity index (χ1) is 14.2. The molecule has 0 bridgehead atoms. The molecule has 29 heavy (non-hydrogen) atoms. The molecule has 8 nitrogen and oxygen atoms in total. The Bertz CT molecular complexity index is 967. The molecule has 4 rings (SSSR count). The SMILES string of the molecule is O=C(c1cc(NCc2ccccn2)ccn1)N1CCN(C(=O)c2ccco2)CC1. The maximum atomic E-state index is 12.8. The van der Waals surface area contributed by atoms with Crippen molar-refractivity contribution in [3.05, 3.63) is 78.3 Å². The van der Waals surface area contributed by atoms with E-state index in [1.807, 2.05) is 24.3 Å². The molecule has 2 amide bonds. The van der Waals surface area contributed by atoms with Gasteiger partial charge in [-0.25, -0.2) is 0 Å². The lowest BCUT2D eigenvalue weighted by Crippen LogP contribution is -2.50. The third kappa shape index (κ3) is 4.43. The molecule has 0 saturated carbocycles. The van der Waals surface area contributed by atoms with Crippen LogP contribution in [0.2, 0.25) is 0 Å². The summed E-state index contributed by atoms with van der Waals surface area (Å²) in [6, 6.07) is 12.6. The highest BCUT2D eigenvalue weighted by atomic mass is 16.3. The quantitative estimate of drug-likeness (QED) is 0.717. The summed E-state index contributed by atoms with van der Waals surface area (Å²) in [5.41, 5.74) is 2.09. The molecule has 1 saturated heterocycles. The second-order valence-corrected chi connectivity index (χ2v) is 6.67. The van der Waals surface area contributed by atoms with Crippen LogP contribution >= 0.6 is 0 Å². The van der Waals surface area contributed by atoms with Crippen LogP contribution in [-0.4, -0.2) is 57.8 Å². The third-order valence-corrected chi connectivity index (χ3v) is 4.76. The van der Waals surface area contributed by atoms with E-state index in [4.69, 9.17) is 4.42 Å². The maximum absolute atomic E-state index is 12.8. The van der Waals surface area contributed by atoms with E-state index >= 15 is 0 Å². The average Bonchev–Trinajstić information content (AvgIpc) is 3.33. The minimum Gasteiger partial charge on any atom is -0.459 e. The van der Waals surface area contributed by atoms with Crippen molar-refractivity contribution in [1.29, 1.82) is 0 Å². The molecule has 0 radical (unpaired) electrons. The second kappa shape index (κ2) is 8.55. The lowest BCUT2D eigenvalue weighted by Gasteiger charge is -2.34. The fourth-order valence-corrected chi connectivity index (χ4v) is 3.18. The number of aromatic nitrogens is 2. The molecule has 1 aliphatic heterocycles. The van der Waals surface area contributed by atoms with E-state index in [1.54, 1.807) is 40.4 Å². The Morgan fingerprint density at radius 2 is 1.72 bits per heavy atom. The largest absolute Gasteiger partial charge is 0.459 e. The fraction of sp³-hybridized carbons (Fsp3) is 0.238. The van der Waals surface area contributed by atoms with E-state index < -0.39 is 0 Å². The van der Waals surface area contributed by atoms with Crippen molar-refractivity contribution in [2.45, 2.75) is 6.54 Å². The molecule has 3 aromatic heterocycles. The van der Waals surface area contributed by atoms with Gasteiger partial charge in [-0.3, -0.25) is 19.6 Å². The summed E-state index contributed by atoms with van der Waals surface area (Å²) in [6.45, 7) is 2.40. The second-order valence-electron chi connectivity index (χ2n) is 6.67. The predicted molar refractivity (Wildman–Crippen MR) is 106 cm³/mol. The van der Waals surface area contributed by atoms with E-state index in [0.29, 0.717) is 44.2 Å². The molecule has 1 N–H and O–H groups in total. The number of nitrogens with zero attached hydrogens (tertiary/aromatic N) is 4. The summed E-state index contributed by atoms with van der Waals surface area (Å²) in [7, 11) is 0. The van der Waals surface area contributed by atoms with Crippen molar-refractivity contribution in [2.75, 3.05) is 31.5 Å². The van der Waals surface area contributed by atoms with Gasteiger partial charge < -0.3 is 19.5 Å². The number of anilines is 1. The van der Waals surface area contributed by atoms with Crippen molar-refractivity contribution in [3.8, 4) is 0 Å². The molecule has 148 valence electrons. The Hall–Kier alpha value is -3.68. The van der Waals surface area contributed by atoms with Gasteiger partial charge in [0.15, 0.2) is 5.76 Å². The zero-order valence-electron chi connectivity index (χ0n) is 15.8. The summed E-state index contributed by atoms with van der Waals surface area (Å²) in [5.74, 6) is 0.0238. The molecule has 4 heterocycles. The number of pyridine rings is 2. The minimum atomic E-state index is -0.152. The molecule has 1 aliphatic rings. The number of piperazine rings is 1. The van der Waals surface area contributed by atoms with Crippen LogP contribution in [0.4, 0.5) is 5.69 Å². The highest BCUT2D eigenvalue weighted by molar-refractivity contribution is 5.94. The Balaban J connectivity index is 1.34. The Labute approximate surface area is 168 Å². The lowest BCUT2D eigenvalue weighted by molar-refractivity contribution is 0.0515. The molecule has 0 unspecified atom stereocenters. The zero-order valence-corrected chi connectivity index (χ0v) is 15.8. The van der Waals surface area contributed by atoms with Gasteiger partial charge in [0.05, 0.1) is 18.5 Å². The summed E-state index contributed by atoms with van der Waals surface area (Å²) in [6.07, 6.45) is 4.84. The fourth-order valence-electron chi connectivity index (χ4n) is 3.18. The van der Waals surface area contributed by atoms with E-state index in [9.17, 15) is 9.59 Å². The monoisotopic (exact) mass is 391 g/mol. The summed E-state index contributed by atoms with van der Waals surface area (Å²) in [5, 5.41) is 3.26. The average molecular weight is 391 g/mol. The molecule has 0 aliphatic carbocycles. The first-order valence-electron chi connectivity index (χ1n) is 9.42. The van der Waals surface area contributed by atoms with Crippen molar-refractivity contribution < 1.29 is 14.0 Å². The van der Waals surface area contributed by atoms with Crippen LogP contribution in [0.3, 0.4) is 0 Å². The van der Waals surface area contributed by atoms with Gasteiger partial charge in [-0.05, 0) is 36.4 Å². The van der Waals surface area contributed by atoms with Gasteiger partial charge in [-0.1, -0.05) is 6.07 Å². The van der Waals surface area contributed by atoms with Crippen LogP contribution in [0.25, 0.3) is 0 Å². The Morgan fingerprint density at radius 3 is 2.41 bits per heavy atom. The molecular weight excluding hydrogens is 370 g/mol. The van der Waals surface area contributed by atoms with Crippen LogP contribution in [0.1, 0.15) is 26.7 Å². The standard InChI is InChI=1S/C21H21N5O3/c27-20(25-9-11-26(12-10-25)21(28)19-5-3-13-29-19)18-14-16(6-8-23-18)24-15-17-4-1-2-7-22-17/h1-8,13-14H,9-12,15H2,(H,23,24). The van der Waals surface area contributed by atoms with Gasteiger partial charge in [0.25, 0.3) is 11.8 Å². The number of amides is 2. The number of hydrogen-bond donors (Lipinski definition) is 1. The zero-order chi connectivity index (χ0) is 20.1. The minimum absolute atomic E-state index is 0.142. The molecule has 0 spiro atoms. The molecule has 0 atom stereocenters. The van der Waals surface area contributed by atoms with E-state index in [2.05, 4.69) is 15.3 Å². The van der Waals surface area contributed by atoms with Gasteiger partial charge in [-0.2, -0.15) is 0 Å². The number of carbonyl (C=O) groups is 2. The first kappa shape index (κ1) is 18.7. The van der Waals surface area contributed by atoms with Gasteiger partial charge in [-0.15, -0.1) is 0 Å². The van der Waals surface area contributed by atoms with E-state index in [1.165, 1.54) is 6.26 Å². The summed E-state index contributed by atoms with van der Waals surface area (Å²) >= 11 is 0. The van der Waals surface area contributed by atoms with Gasteiger partial charge in [0, 0.05) is 44.3 Å². The maximum Gasteiger partial charge on any atom is 0.289 e. The number of carbonyl (C=O) groups excluding carboxylic acids is 2. The van der Waals surface area contributed by atoms with E-state index in [0.717, 1.165) is 11.4 Å². The smallest absolute Gasteiger partial charge is 0.289 e.